The molecule has 0 aromatic rings. The summed E-state index contributed by atoms with van der Waals surface area (Å²) in [5, 5.41) is 10.2. The van der Waals surface area contributed by atoms with Crippen molar-refractivity contribution in [1.82, 2.24) is 0 Å². The predicted molar refractivity (Wildman–Crippen MR) is 106 cm³/mol. The molecule has 5 rings (SSSR count). The van der Waals surface area contributed by atoms with Gasteiger partial charge in [-0.3, -0.25) is 4.79 Å². The number of cyclic esters (lactones) is 1. The van der Waals surface area contributed by atoms with Crippen LogP contribution < -0.4 is 0 Å². The number of aliphatic hydroxyl groups is 1. The zero-order valence-corrected chi connectivity index (χ0v) is 17.7. The van der Waals surface area contributed by atoms with Gasteiger partial charge in [0.05, 0.1) is 12.5 Å². The Morgan fingerprint density at radius 3 is 2.75 bits per heavy atom. The number of hydrogen-bond acceptors (Lipinski definition) is 4. The van der Waals surface area contributed by atoms with Crippen LogP contribution in [0.2, 0.25) is 0 Å². The van der Waals surface area contributed by atoms with Gasteiger partial charge in [-0.25, -0.2) is 0 Å². The van der Waals surface area contributed by atoms with E-state index in [0.717, 1.165) is 25.2 Å². The number of rotatable bonds is 2. The summed E-state index contributed by atoms with van der Waals surface area (Å²) in [6.45, 7) is 4.99. The Bertz CT molecular complexity index is 686. The second-order valence-electron chi connectivity index (χ2n) is 10.8. The van der Waals surface area contributed by atoms with Gasteiger partial charge >= 0.3 is 5.97 Å². The van der Waals surface area contributed by atoms with E-state index in [1.807, 2.05) is 0 Å². The van der Waals surface area contributed by atoms with Gasteiger partial charge in [0.15, 0.2) is 0 Å². The van der Waals surface area contributed by atoms with Gasteiger partial charge in [-0.2, -0.15) is 0 Å². The SMILES string of the molecule is COC1OC(=O)CC1C1CC=C2C3CCC4CC(O)CCC4(C)C3CCC21C. The summed E-state index contributed by atoms with van der Waals surface area (Å²) < 4.78 is 11.0. The maximum Gasteiger partial charge on any atom is 0.308 e. The molecule has 4 aliphatic carbocycles. The Labute approximate surface area is 169 Å². The second kappa shape index (κ2) is 6.57. The maximum atomic E-state index is 12.0. The van der Waals surface area contributed by atoms with Crippen LogP contribution in [0.4, 0.5) is 0 Å². The van der Waals surface area contributed by atoms with Gasteiger partial charge < -0.3 is 14.6 Å². The van der Waals surface area contributed by atoms with Crippen molar-refractivity contribution in [2.24, 2.45) is 40.4 Å². The van der Waals surface area contributed by atoms with Gasteiger partial charge in [0.25, 0.3) is 0 Å². The molecular formula is C24H36O4. The minimum Gasteiger partial charge on any atom is -0.435 e. The first-order valence-electron chi connectivity index (χ1n) is 11.5. The summed E-state index contributed by atoms with van der Waals surface area (Å²) in [5.41, 5.74) is 2.27. The summed E-state index contributed by atoms with van der Waals surface area (Å²) in [6.07, 6.45) is 11.9. The molecule has 1 N–H and O–H groups in total. The van der Waals surface area contributed by atoms with E-state index in [9.17, 15) is 9.90 Å². The van der Waals surface area contributed by atoms with Crippen molar-refractivity contribution in [3.63, 3.8) is 0 Å². The standard InChI is InChI=1S/C24H36O4/c1-23-10-8-15(25)12-14(23)4-5-16-18-6-7-19(24(18,2)11-9-20(16)23)17-13-21(26)28-22(17)27-3/h6,14-17,19-20,22,25H,4-5,7-13H2,1-3H3. The number of methoxy groups -OCH3 is 1. The highest BCUT2D eigenvalue weighted by Crippen LogP contribution is 2.67. The normalized spacial score (nSPS) is 53.1. The summed E-state index contributed by atoms with van der Waals surface area (Å²) in [4.78, 5) is 12.0. The minimum atomic E-state index is -0.368. The molecule has 0 aromatic carbocycles. The Hall–Kier alpha value is -0.870. The lowest BCUT2D eigenvalue weighted by molar-refractivity contribution is -0.165. The van der Waals surface area contributed by atoms with Crippen molar-refractivity contribution in [1.29, 1.82) is 0 Å². The molecule has 0 amide bonds. The molecule has 5 aliphatic rings. The highest BCUT2D eigenvalue weighted by Gasteiger charge is 2.59. The number of ether oxygens (including phenoxy) is 2. The lowest BCUT2D eigenvalue weighted by Crippen LogP contribution is -2.52. The third-order valence-electron chi connectivity index (χ3n) is 9.86. The van der Waals surface area contributed by atoms with E-state index in [0.29, 0.717) is 29.6 Å². The molecule has 1 heterocycles. The van der Waals surface area contributed by atoms with Crippen LogP contribution in [0.25, 0.3) is 0 Å². The summed E-state index contributed by atoms with van der Waals surface area (Å²) >= 11 is 0. The van der Waals surface area contributed by atoms with Crippen LogP contribution in [0.5, 0.6) is 0 Å². The molecule has 0 bridgehead atoms. The number of fused-ring (bicyclic) bond motifs is 5. The molecule has 3 saturated carbocycles. The summed E-state index contributed by atoms with van der Waals surface area (Å²) in [5.74, 6) is 2.69. The minimum absolute atomic E-state index is 0.0792. The maximum absolute atomic E-state index is 12.0. The zero-order chi connectivity index (χ0) is 19.7. The Morgan fingerprint density at radius 2 is 1.96 bits per heavy atom. The average molecular weight is 389 g/mol. The van der Waals surface area contributed by atoms with Gasteiger partial charge in [0, 0.05) is 13.0 Å². The van der Waals surface area contributed by atoms with Crippen LogP contribution in [0.1, 0.15) is 71.6 Å². The number of carbonyl (C=O) groups excluding carboxylic acids is 1. The van der Waals surface area contributed by atoms with Gasteiger partial charge in [0.1, 0.15) is 0 Å². The molecule has 1 aliphatic heterocycles. The predicted octanol–water partition coefficient (Wildman–Crippen LogP) is 4.46. The monoisotopic (exact) mass is 388 g/mol. The van der Waals surface area contributed by atoms with E-state index < -0.39 is 0 Å². The first-order valence-corrected chi connectivity index (χ1v) is 11.5. The molecule has 9 unspecified atom stereocenters. The second-order valence-corrected chi connectivity index (χ2v) is 10.8. The topological polar surface area (TPSA) is 55.8 Å². The van der Waals surface area contributed by atoms with Crippen molar-refractivity contribution in [3.8, 4) is 0 Å². The molecule has 4 nitrogen and oxygen atoms in total. The number of carbonyl (C=O) groups is 1. The Kier molecular flexibility index (Phi) is 4.48. The molecule has 1 saturated heterocycles. The van der Waals surface area contributed by atoms with Crippen molar-refractivity contribution in [2.75, 3.05) is 7.11 Å². The first-order chi connectivity index (χ1) is 13.4. The zero-order valence-electron chi connectivity index (χ0n) is 17.7. The molecular weight excluding hydrogens is 352 g/mol. The van der Waals surface area contributed by atoms with Crippen LogP contribution >= 0.6 is 0 Å². The molecule has 0 radical (unpaired) electrons. The molecule has 0 spiro atoms. The lowest BCUT2D eigenvalue weighted by atomic mass is 9.45. The van der Waals surface area contributed by atoms with E-state index in [4.69, 9.17) is 9.47 Å². The van der Waals surface area contributed by atoms with Crippen molar-refractivity contribution in [2.45, 2.75) is 84.0 Å². The van der Waals surface area contributed by atoms with Crippen LogP contribution in [0.3, 0.4) is 0 Å². The number of esters is 1. The first kappa shape index (κ1) is 19.1. The van der Waals surface area contributed by atoms with Gasteiger partial charge in [0.2, 0.25) is 6.29 Å². The van der Waals surface area contributed by atoms with E-state index in [1.165, 1.54) is 32.1 Å². The van der Waals surface area contributed by atoms with E-state index >= 15 is 0 Å². The van der Waals surface area contributed by atoms with E-state index in [-0.39, 0.29) is 29.7 Å². The molecule has 156 valence electrons. The molecule has 28 heavy (non-hydrogen) atoms. The van der Waals surface area contributed by atoms with E-state index in [1.54, 1.807) is 12.7 Å². The Balaban J connectivity index is 1.40. The fourth-order valence-electron chi connectivity index (χ4n) is 8.35. The number of aliphatic hydroxyl groups excluding tert-OH is 1. The van der Waals surface area contributed by atoms with Crippen LogP contribution in [-0.4, -0.2) is 30.6 Å². The Morgan fingerprint density at radius 1 is 1.14 bits per heavy atom. The van der Waals surface area contributed by atoms with Gasteiger partial charge in [-0.1, -0.05) is 25.5 Å². The van der Waals surface area contributed by atoms with Crippen LogP contribution in [0.15, 0.2) is 11.6 Å². The quantitative estimate of drug-likeness (QED) is 0.560. The number of hydrogen-bond donors (Lipinski definition) is 1. The largest absolute Gasteiger partial charge is 0.435 e. The number of allylic oxidation sites excluding steroid dienone is 2. The van der Waals surface area contributed by atoms with Crippen molar-refractivity contribution >= 4 is 5.97 Å². The average Bonchev–Trinajstić information content (AvgIpc) is 3.21. The summed E-state index contributed by atoms with van der Waals surface area (Å²) in [6, 6.07) is 0. The van der Waals surface area contributed by atoms with Crippen molar-refractivity contribution < 1.29 is 19.4 Å². The smallest absolute Gasteiger partial charge is 0.308 e. The molecule has 9 atom stereocenters. The molecule has 4 heteroatoms. The molecule has 0 aromatic heterocycles. The van der Waals surface area contributed by atoms with Gasteiger partial charge in [-0.15, -0.1) is 0 Å². The van der Waals surface area contributed by atoms with Crippen molar-refractivity contribution in [3.05, 3.63) is 11.6 Å². The third kappa shape index (κ3) is 2.59. The fourth-order valence-corrected chi connectivity index (χ4v) is 8.35. The van der Waals surface area contributed by atoms with Crippen LogP contribution in [-0.2, 0) is 14.3 Å². The van der Waals surface area contributed by atoms with Gasteiger partial charge in [-0.05, 0) is 85.9 Å². The third-order valence-corrected chi connectivity index (χ3v) is 9.86. The van der Waals surface area contributed by atoms with Crippen LogP contribution in [0, 0.1) is 40.4 Å². The highest BCUT2D eigenvalue weighted by molar-refractivity contribution is 5.72. The highest BCUT2D eigenvalue weighted by atomic mass is 16.7. The summed E-state index contributed by atoms with van der Waals surface area (Å²) in [7, 11) is 1.67. The molecule has 4 fully saturated rings. The van der Waals surface area contributed by atoms with E-state index in [2.05, 4.69) is 19.9 Å². The fraction of sp³-hybridized carbons (Fsp3) is 0.875. The lowest BCUT2D eigenvalue weighted by Gasteiger charge is -2.59.